The number of aromatic hydroxyl groups is 1. The van der Waals surface area contributed by atoms with E-state index in [1.54, 1.807) is 30.3 Å². The average Bonchev–Trinajstić information content (AvgIpc) is 3.02. The van der Waals surface area contributed by atoms with Crippen molar-refractivity contribution < 1.29 is 19.8 Å². The maximum absolute atomic E-state index is 13.2. The Hall–Kier alpha value is -3.86. The minimum atomic E-state index is -0.870. The lowest BCUT2D eigenvalue weighted by Gasteiger charge is -2.26. The summed E-state index contributed by atoms with van der Waals surface area (Å²) in [5, 5.41) is 21.3. The van der Waals surface area contributed by atoms with Crippen LogP contribution in [0.5, 0.6) is 5.75 Å². The summed E-state index contributed by atoms with van der Waals surface area (Å²) in [6.07, 6.45) is 0. The lowest BCUT2D eigenvalue weighted by Crippen LogP contribution is -2.29. The summed E-state index contributed by atoms with van der Waals surface area (Å²) in [5.74, 6) is -1.69. The van der Waals surface area contributed by atoms with Gasteiger partial charge in [-0.2, -0.15) is 0 Å². The highest BCUT2D eigenvalue weighted by Gasteiger charge is 2.47. The number of rotatable bonds is 3. The van der Waals surface area contributed by atoms with Gasteiger partial charge in [0.25, 0.3) is 11.7 Å². The zero-order chi connectivity index (χ0) is 23.2. The first-order valence-electron chi connectivity index (χ1n) is 10.4. The number of aryl methyl sites for hydroxylation is 4. The van der Waals surface area contributed by atoms with Crippen LogP contribution in [-0.4, -0.2) is 21.9 Å². The second-order valence-corrected chi connectivity index (χ2v) is 8.33. The van der Waals surface area contributed by atoms with Crippen molar-refractivity contribution in [3.63, 3.8) is 0 Å². The minimum absolute atomic E-state index is 0.00193. The highest BCUT2D eigenvalue weighted by molar-refractivity contribution is 6.51. The number of amides is 1. The summed E-state index contributed by atoms with van der Waals surface area (Å²) in [6, 6.07) is 16.5. The van der Waals surface area contributed by atoms with E-state index < -0.39 is 17.7 Å². The standard InChI is InChI=1S/C27H25NO4/c1-15-8-10-20(12-17(15)3)25(30)23-24(19-6-5-7-22(29)14-19)28(27(32)26(23)31)21-11-9-16(2)18(4)13-21/h5-14,24,29-30H,1-4H3/b25-23+. The van der Waals surface area contributed by atoms with E-state index in [0.29, 0.717) is 16.8 Å². The molecule has 3 aromatic carbocycles. The van der Waals surface area contributed by atoms with Crippen LogP contribution in [-0.2, 0) is 9.59 Å². The van der Waals surface area contributed by atoms with Gasteiger partial charge < -0.3 is 10.2 Å². The Bertz CT molecular complexity index is 1290. The zero-order valence-corrected chi connectivity index (χ0v) is 18.5. The maximum Gasteiger partial charge on any atom is 0.300 e. The molecule has 1 unspecified atom stereocenters. The molecule has 0 aromatic heterocycles. The largest absolute Gasteiger partial charge is 0.508 e. The van der Waals surface area contributed by atoms with E-state index in [-0.39, 0.29) is 17.1 Å². The fourth-order valence-corrected chi connectivity index (χ4v) is 4.03. The number of aliphatic hydroxyl groups is 1. The molecule has 1 heterocycles. The Balaban J connectivity index is 1.97. The Morgan fingerprint density at radius 3 is 2.09 bits per heavy atom. The molecule has 5 nitrogen and oxygen atoms in total. The number of carbonyl (C=O) groups is 2. The molecular formula is C27H25NO4. The average molecular weight is 428 g/mol. The van der Waals surface area contributed by atoms with Gasteiger partial charge in [0.15, 0.2) is 0 Å². The Labute approximate surface area is 187 Å². The predicted molar refractivity (Wildman–Crippen MR) is 125 cm³/mol. The fraction of sp³-hybridized carbons (Fsp3) is 0.185. The topological polar surface area (TPSA) is 77.8 Å². The van der Waals surface area contributed by atoms with Crippen LogP contribution in [0.1, 0.15) is 39.4 Å². The number of phenolic OH excluding ortho intramolecular Hbond substituents is 1. The number of anilines is 1. The number of aliphatic hydroxyl groups excluding tert-OH is 1. The van der Waals surface area contributed by atoms with Gasteiger partial charge in [-0.05, 0) is 85.8 Å². The van der Waals surface area contributed by atoms with Gasteiger partial charge in [0.05, 0.1) is 11.6 Å². The second kappa shape index (κ2) is 8.00. The van der Waals surface area contributed by atoms with E-state index in [2.05, 4.69) is 0 Å². The van der Waals surface area contributed by atoms with Gasteiger partial charge in [-0.15, -0.1) is 0 Å². The molecule has 1 atom stereocenters. The van der Waals surface area contributed by atoms with Crippen molar-refractivity contribution >= 4 is 23.1 Å². The maximum atomic E-state index is 13.2. The zero-order valence-electron chi connectivity index (χ0n) is 18.5. The third-order valence-corrected chi connectivity index (χ3v) is 6.18. The molecule has 1 amide bonds. The van der Waals surface area contributed by atoms with Crippen molar-refractivity contribution in [2.24, 2.45) is 0 Å². The van der Waals surface area contributed by atoms with E-state index in [1.807, 2.05) is 45.9 Å². The number of hydrogen-bond acceptors (Lipinski definition) is 4. The first kappa shape index (κ1) is 21.4. The SMILES string of the molecule is Cc1ccc(/C(O)=C2\C(=O)C(=O)N(c3ccc(C)c(C)c3)C2c2cccc(O)c2)cc1C. The highest BCUT2D eigenvalue weighted by Crippen LogP contribution is 2.43. The van der Waals surface area contributed by atoms with Gasteiger partial charge in [0.2, 0.25) is 0 Å². The molecule has 2 N–H and O–H groups in total. The summed E-state index contributed by atoms with van der Waals surface area (Å²) < 4.78 is 0. The van der Waals surface area contributed by atoms with Crippen LogP contribution in [0.4, 0.5) is 5.69 Å². The lowest BCUT2D eigenvalue weighted by molar-refractivity contribution is -0.132. The lowest BCUT2D eigenvalue weighted by atomic mass is 9.94. The molecule has 162 valence electrons. The van der Waals surface area contributed by atoms with Gasteiger partial charge in [-0.1, -0.05) is 30.3 Å². The van der Waals surface area contributed by atoms with Crippen molar-refractivity contribution in [1.29, 1.82) is 0 Å². The van der Waals surface area contributed by atoms with Crippen LogP contribution in [0.15, 0.2) is 66.2 Å². The van der Waals surface area contributed by atoms with Crippen molar-refractivity contribution in [2.75, 3.05) is 4.90 Å². The second-order valence-electron chi connectivity index (χ2n) is 8.33. The Morgan fingerprint density at radius 1 is 0.812 bits per heavy atom. The van der Waals surface area contributed by atoms with E-state index >= 15 is 0 Å². The molecular weight excluding hydrogens is 402 g/mol. The van der Waals surface area contributed by atoms with Crippen LogP contribution in [0.25, 0.3) is 5.76 Å². The molecule has 0 aliphatic carbocycles. The molecule has 4 rings (SSSR count). The first-order chi connectivity index (χ1) is 15.2. The van der Waals surface area contributed by atoms with Gasteiger partial charge in [0, 0.05) is 11.3 Å². The first-order valence-corrected chi connectivity index (χ1v) is 10.4. The van der Waals surface area contributed by atoms with Crippen molar-refractivity contribution in [3.8, 4) is 5.75 Å². The molecule has 1 saturated heterocycles. The molecule has 3 aromatic rings. The van der Waals surface area contributed by atoms with Gasteiger partial charge in [-0.3, -0.25) is 14.5 Å². The van der Waals surface area contributed by atoms with E-state index in [9.17, 15) is 19.8 Å². The monoisotopic (exact) mass is 427 g/mol. The molecule has 0 bridgehead atoms. The normalized spacial score (nSPS) is 17.8. The number of Topliss-reactive ketones (excluding diaryl/α,β-unsaturated/α-hetero) is 1. The van der Waals surface area contributed by atoms with Gasteiger partial charge in [0.1, 0.15) is 11.5 Å². The molecule has 0 spiro atoms. The van der Waals surface area contributed by atoms with Crippen LogP contribution in [0.2, 0.25) is 0 Å². The summed E-state index contributed by atoms with van der Waals surface area (Å²) in [4.78, 5) is 27.8. The molecule has 0 saturated carbocycles. The van der Waals surface area contributed by atoms with Crippen LogP contribution in [0.3, 0.4) is 0 Å². The van der Waals surface area contributed by atoms with E-state index in [1.165, 1.54) is 17.0 Å². The van der Waals surface area contributed by atoms with E-state index in [0.717, 1.165) is 22.3 Å². The summed E-state index contributed by atoms with van der Waals surface area (Å²) in [6.45, 7) is 7.80. The molecule has 1 aliphatic rings. The number of nitrogens with zero attached hydrogens (tertiary/aromatic N) is 1. The number of phenols is 1. The van der Waals surface area contributed by atoms with Gasteiger partial charge in [-0.25, -0.2) is 0 Å². The van der Waals surface area contributed by atoms with Crippen LogP contribution >= 0.6 is 0 Å². The number of benzene rings is 3. The van der Waals surface area contributed by atoms with Gasteiger partial charge >= 0.3 is 0 Å². The molecule has 5 heteroatoms. The predicted octanol–water partition coefficient (Wildman–Crippen LogP) is 5.25. The van der Waals surface area contributed by atoms with Crippen molar-refractivity contribution in [2.45, 2.75) is 33.7 Å². The third kappa shape index (κ3) is 3.56. The minimum Gasteiger partial charge on any atom is -0.508 e. The number of carbonyl (C=O) groups excluding carboxylic acids is 2. The quantitative estimate of drug-likeness (QED) is 0.340. The highest BCUT2D eigenvalue weighted by atomic mass is 16.3. The van der Waals surface area contributed by atoms with Crippen molar-refractivity contribution in [1.82, 2.24) is 0 Å². The smallest absolute Gasteiger partial charge is 0.300 e. The van der Waals surface area contributed by atoms with E-state index in [4.69, 9.17) is 0 Å². The Morgan fingerprint density at radius 2 is 1.47 bits per heavy atom. The molecule has 1 fully saturated rings. The summed E-state index contributed by atoms with van der Waals surface area (Å²) in [5.41, 5.74) is 5.63. The molecule has 0 radical (unpaired) electrons. The number of ketones is 1. The summed E-state index contributed by atoms with van der Waals surface area (Å²) in [7, 11) is 0. The summed E-state index contributed by atoms with van der Waals surface area (Å²) >= 11 is 0. The third-order valence-electron chi connectivity index (χ3n) is 6.18. The fourth-order valence-electron chi connectivity index (χ4n) is 4.03. The number of hydrogen-bond donors (Lipinski definition) is 2. The van der Waals surface area contributed by atoms with Crippen LogP contribution < -0.4 is 4.90 Å². The van der Waals surface area contributed by atoms with Crippen molar-refractivity contribution in [3.05, 3.63) is 99.6 Å². The van der Waals surface area contributed by atoms with Crippen LogP contribution in [0, 0.1) is 27.7 Å². The molecule has 1 aliphatic heterocycles. The molecule has 32 heavy (non-hydrogen) atoms. The Kier molecular flexibility index (Phi) is 5.35.